The number of aliphatic hydroxyl groups excluding tert-OH is 1. The van der Waals surface area contributed by atoms with Gasteiger partial charge in [0.1, 0.15) is 0 Å². The molecule has 0 fully saturated rings. The summed E-state index contributed by atoms with van der Waals surface area (Å²) in [6.45, 7) is 0. The molecule has 1 nitrogen and oxygen atoms in total. The Morgan fingerprint density at radius 2 is 1.11 bits per heavy atom. The van der Waals surface area contributed by atoms with Crippen molar-refractivity contribution in [3.63, 3.8) is 0 Å². The van der Waals surface area contributed by atoms with Crippen LogP contribution in [0.15, 0.2) is 0 Å². The average Bonchev–Trinajstić information content (AvgIpc) is 1.24. The van der Waals surface area contributed by atoms with Crippen LogP contribution in [0, 0.1) is 0 Å². The van der Waals surface area contributed by atoms with Crippen molar-refractivity contribution in [2.75, 3.05) is 0 Å². The molecule has 1 atom stereocenters. The Labute approximate surface area is 46.0 Å². The van der Waals surface area contributed by atoms with Crippen LogP contribution >= 0.6 is 10.2 Å². The maximum Gasteiger partial charge on any atom is 0.337 e. The molecule has 0 bridgehead atoms. The van der Waals surface area contributed by atoms with Gasteiger partial charge in [0.25, 0.3) is 0 Å². The summed E-state index contributed by atoms with van der Waals surface area (Å²) in [5.41, 5.74) is -5.02. The minimum absolute atomic E-state index is 5.02. The third-order valence-corrected chi connectivity index (χ3v) is 1.10. The highest BCUT2D eigenvalue weighted by atomic mass is 32.5. The molecule has 0 radical (unpaired) electrons. The van der Waals surface area contributed by atoms with E-state index in [2.05, 4.69) is 0 Å². The summed E-state index contributed by atoms with van der Waals surface area (Å²) in [5, 5.41) is 6.92. The molecular formula is CH2F6OS. The fraction of sp³-hybridized carbons (Fsp3) is 1.00. The summed E-state index contributed by atoms with van der Waals surface area (Å²) in [6.07, 6.45) is 0. The molecule has 0 saturated heterocycles. The first-order chi connectivity index (χ1) is 3.43. The number of aliphatic hydroxyl groups is 1. The molecular weight excluding hydrogens is 174 g/mol. The van der Waals surface area contributed by atoms with Crippen molar-refractivity contribution in [1.29, 1.82) is 0 Å². The zero-order valence-electron chi connectivity index (χ0n) is 3.70. The molecule has 0 saturated carbocycles. The topological polar surface area (TPSA) is 20.2 Å². The van der Waals surface area contributed by atoms with Gasteiger partial charge in [-0.3, -0.25) is 0 Å². The van der Waals surface area contributed by atoms with Crippen LogP contribution in [0.1, 0.15) is 0 Å². The average molecular weight is 176 g/mol. The van der Waals surface area contributed by atoms with Crippen molar-refractivity contribution in [2.24, 2.45) is 0 Å². The lowest BCUT2D eigenvalue weighted by molar-refractivity contribution is 0.0708. The molecule has 0 spiro atoms. The predicted molar refractivity (Wildman–Crippen MR) is 20.2 cm³/mol. The Balaban J connectivity index is 4.76. The second kappa shape index (κ2) is 1.17. The highest BCUT2D eigenvalue weighted by Gasteiger charge is 2.71. The van der Waals surface area contributed by atoms with E-state index in [4.69, 9.17) is 5.11 Å². The molecule has 9 heavy (non-hydrogen) atoms. The standard InChI is InChI=1S/CH2F6OS/c2-1(8)9(3,4,5,6)7/h1,8H. The first kappa shape index (κ1) is 8.89. The first-order valence-corrected chi connectivity index (χ1v) is 3.50. The summed E-state index contributed by atoms with van der Waals surface area (Å²) in [4.78, 5) is 0. The fourth-order valence-electron chi connectivity index (χ4n) is 0. The summed E-state index contributed by atoms with van der Waals surface area (Å²) in [6, 6.07) is 0. The van der Waals surface area contributed by atoms with E-state index in [1.54, 1.807) is 0 Å². The van der Waals surface area contributed by atoms with E-state index in [9.17, 15) is 23.8 Å². The summed E-state index contributed by atoms with van der Waals surface area (Å²) < 4.78 is 64.3. The van der Waals surface area contributed by atoms with Gasteiger partial charge in [0.05, 0.1) is 0 Å². The predicted octanol–water partition coefficient (Wildman–Crippen LogP) is 2.53. The molecule has 0 amide bonds. The van der Waals surface area contributed by atoms with E-state index in [1.807, 2.05) is 0 Å². The van der Waals surface area contributed by atoms with Crippen LogP contribution in [-0.4, -0.2) is 10.8 Å². The molecule has 8 heteroatoms. The van der Waals surface area contributed by atoms with Crippen LogP contribution in [0.5, 0.6) is 0 Å². The van der Waals surface area contributed by atoms with E-state index in [0.717, 1.165) is 0 Å². The Hall–Kier alpha value is -0.110. The van der Waals surface area contributed by atoms with Crippen LogP contribution in [-0.2, 0) is 0 Å². The lowest BCUT2D eigenvalue weighted by Gasteiger charge is -2.39. The number of alkyl halides is 1. The third kappa shape index (κ3) is 2.80. The van der Waals surface area contributed by atoms with Gasteiger partial charge in [-0.15, -0.1) is 0 Å². The highest BCUT2D eigenvalue weighted by Crippen LogP contribution is 3.00. The Morgan fingerprint density at radius 1 is 1.00 bits per heavy atom. The van der Waals surface area contributed by atoms with Crippen LogP contribution in [0.25, 0.3) is 0 Å². The van der Waals surface area contributed by atoms with Gasteiger partial charge in [-0.25, -0.2) is 0 Å². The molecule has 60 valence electrons. The van der Waals surface area contributed by atoms with Gasteiger partial charge in [0, 0.05) is 0 Å². The molecule has 0 rings (SSSR count). The molecule has 0 aromatic carbocycles. The van der Waals surface area contributed by atoms with Gasteiger partial charge in [0.15, 0.2) is 0 Å². The maximum absolute atomic E-state index is 10.7. The molecule has 0 aliphatic rings. The van der Waals surface area contributed by atoms with E-state index >= 15 is 0 Å². The highest BCUT2D eigenvalue weighted by molar-refractivity contribution is 8.46. The van der Waals surface area contributed by atoms with Crippen LogP contribution < -0.4 is 0 Å². The Bertz CT molecular complexity index is 116. The van der Waals surface area contributed by atoms with Gasteiger partial charge in [-0.1, -0.05) is 19.4 Å². The van der Waals surface area contributed by atoms with E-state index in [-0.39, 0.29) is 0 Å². The number of rotatable bonds is 1. The van der Waals surface area contributed by atoms with Gasteiger partial charge < -0.3 is 5.11 Å². The number of hydrogen-bond acceptors (Lipinski definition) is 1. The SMILES string of the molecule is OC(F)S(F)(F)(F)(F)F. The lowest BCUT2D eigenvalue weighted by atomic mass is 11.6. The van der Waals surface area contributed by atoms with Gasteiger partial charge in [0.2, 0.25) is 0 Å². The van der Waals surface area contributed by atoms with Crippen molar-refractivity contribution in [2.45, 2.75) is 5.69 Å². The zero-order chi connectivity index (χ0) is 7.99. The van der Waals surface area contributed by atoms with Crippen molar-refractivity contribution in [3.05, 3.63) is 0 Å². The smallest absolute Gasteiger partial charge is 0.337 e. The van der Waals surface area contributed by atoms with Crippen molar-refractivity contribution < 1.29 is 28.9 Å². The molecule has 0 aromatic rings. The maximum atomic E-state index is 10.7. The minimum Gasteiger partial charge on any atom is -0.349 e. The van der Waals surface area contributed by atoms with Crippen molar-refractivity contribution >= 4 is 10.2 Å². The summed E-state index contributed by atoms with van der Waals surface area (Å²) in [5.74, 6) is 0. The quantitative estimate of drug-likeness (QED) is 0.608. The van der Waals surface area contributed by atoms with Gasteiger partial charge in [-0.05, 0) is 0 Å². The van der Waals surface area contributed by atoms with E-state index in [1.165, 1.54) is 0 Å². The van der Waals surface area contributed by atoms with Crippen molar-refractivity contribution in [1.82, 2.24) is 0 Å². The fourth-order valence-corrected chi connectivity index (χ4v) is 0. The number of halogens is 6. The molecule has 0 aromatic heterocycles. The lowest BCUT2D eigenvalue weighted by Crippen LogP contribution is -2.19. The monoisotopic (exact) mass is 176 g/mol. The zero-order valence-corrected chi connectivity index (χ0v) is 4.52. The molecule has 0 heterocycles. The number of hydrogen-bond donors (Lipinski definition) is 1. The van der Waals surface area contributed by atoms with Crippen LogP contribution in [0.2, 0.25) is 0 Å². The Morgan fingerprint density at radius 3 is 1.11 bits per heavy atom. The molecule has 0 aliphatic heterocycles. The molecule has 1 unspecified atom stereocenters. The third-order valence-electron chi connectivity index (χ3n) is 0.368. The summed E-state index contributed by atoms with van der Waals surface area (Å²) in [7, 11) is -10.2. The van der Waals surface area contributed by atoms with Crippen LogP contribution in [0.4, 0.5) is 23.8 Å². The second-order valence-corrected chi connectivity index (χ2v) is 3.77. The van der Waals surface area contributed by atoms with Crippen molar-refractivity contribution in [3.8, 4) is 0 Å². The van der Waals surface area contributed by atoms with Gasteiger partial charge >= 0.3 is 15.9 Å². The van der Waals surface area contributed by atoms with E-state index < -0.39 is 15.9 Å². The summed E-state index contributed by atoms with van der Waals surface area (Å²) >= 11 is 0. The van der Waals surface area contributed by atoms with E-state index in [0.29, 0.717) is 0 Å². The first-order valence-electron chi connectivity index (χ1n) is 1.48. The molecule has 1 N–H and O–H groups in total. The van der Waals surface area contributed by atoms with Gasteiger partial charge in [-0.2, -0.15) is 4.39 Å². The van der Waals surface area contributed by atoms with Crippen LogP contribution in [0.3, 0.4) is 0 Å². The second-order valence-electron chi connectivity index (χ2n) is 1.32. The molecule has 0 aliphatic carbocycles. The Kier molecular flexibility index (Phi) is 1.16. The largest absolute Gasteiger partial charge is 0.349 e. The normalized spacial score (nSPS) is 24.3. The minimum atomic E-state index is -10.2.